The number of amides is 1. The summed E-state index contributed by atoms with van der Waals surface area (Å²) in [5, 5.41) is 17.1. The number of hydrogen-bond donors (Lipinski definition) is 2. The minimum atomic E-state index is -0.307. The van der Waals surface area contributed by atoms with Gasteiger partial charge in [0.1, 0.15) is 11.8 Å². The zero-order valence-corrected chi connectivity index (χ0v) is 18.6. The summed E-state index contributed by atoms with van der Waals surface area (Å²) >= 11 is 5.64. The lowest BCUT2D eigenvalue weighted by Gasteiger charge is -2.26. The van der Waals surface area contributed by atoms with Gasteiger partial charge in [0.05, 0.1) is 34.8 Å². The number of rotatable bonds is 8. The van der Waals surface area contributed by atoms with E-state index in [-0.39, 0.29) is 17.8 Å². The van der Waals surface area contributed by atoms with Crippen LogP contribution < -0.4 is 15.4 Å². The number of carbonyl (C=O) groups excluding carboxylic acids is 1. The molecule has 2 aromatic rings. The van der Waals surface area contributed by atoms with Crippen LogP contribution in [0.4, 0.5) is 11.4 Å². The first-order chi connectivity index (χ1) is 15.1. The van der Waals surface area contributed by atoms with E-state index >= 15 is 0 Å². The topological polar surface area (TPSA) is 96.3 Å². The molecular formula is C23H27ClN4O3. The second-order valence-electron chi connectivity index (χ2n) is 7.15. The first-order valence-electron chi connectivity index (χ1n) is 10.5. The molecule has 0 atom stereocenters. The highest BCUT2D eigenvalue weighted by molar-refractivity contribution is 6.19. The highest BCUT2D eigenvalue weighted by Gasteiger charge is 2.21. The molecule has 7 nitrogen and oxygen atoms in total. The molecule has 8 heteroatoms. The first kappa shape index (κ1) is 22.9. The van der Waals surface area contributed by atoms with Crippen LogP contribution in [0.25, 0.3) is 10.9 Å². The van der Waals surface area contributed by atoms with E-state index in [9.17, 15) is 10.1 Å². The van der Waals surface area contributed by atoms with E-state index in [2.05, 4.69) is 16.7 Å². The molecule has 1 aliphatic heterocycles. The normalized spacial score (nSPS) is 14.5. The van der Waals surface area contributed by atoms with E-state index in [1.165, 1.54) is 6.08 Å². The molecule has 1 aliphatic rings. The highest BCUT2D eigenvalue weighted by Crippen LogP contribution is 2.37. The predicted octanol–water partition coefficient (Wildman–Crippen LogP) is 4.39. The summed E-state index contributed by atoms with van der Waals surface area (Å²) in [6.07, 6.45) is 5.31. The molecule has 0 bridgehead atoms. The maximum absolute atomic E-state index is 12.3. The van der Waals surface area contributed by atoms with Gasteiger partial charge >= 0.3 is 0 Å². The van der Waals surface area contributed by atoms with Crippen LogP contribution in [0.15, 0.2) is 24.3 Å². The molecule has 3 rings (SSSR count). The number of nitrogens with zero attached hydrogens (tertiary/aromatic N) is 2. The molecule has 164 valence electrons. The Labute approximate surface area is 187 Å². The van der Waals surface area contributed by atoms with E-state index in [0.29, 0.717) is 48.8 Å². The SMILES string of the molecule is CCOc1cc2nc(CC)c(C#N)c(NC3CCOCC3)c2cc1NC(=O)/C=C/CCl. The number of ether oxygens (including phenoxy) is 2. The average Bonchev–Trinajstić information content (AvgIpc) is 2.79. The Morgan fingerprint density at radius 3 is 2.81 bits per heavy atom. The minimum Gasteiger partial charge on any atom is -0.492 e. The van der Waals surface area contributed by atoms with Gasteiger partial charge in [0.2, 0.25) is 5.91 Å². The molecule has 2 heterocycles. The van der Waals surface area contributed by atoms with Crippen molar-refractivity contribution in [2.24, 2.45) is 0 Å². The van der Waals surface area contributed by atoms with Crippen molar-refractivity contribution < 1.29 is 14.3 Å². The lowest BCUT2D eigenvalue weighted by atomic mass is 10.0. The van der Waals surface area contributed by atoms with Gasteiger partial charge in [0.25, 0.3) is 0 Å². The van der Waals surface area contributed by atoms with Crippen molar-refractivity contribution in [3.63, 3.8) is 0 Å². The van der Waals surface area contributed by atoms with Gasteiger partial charge in [-0.2, -0.15) is 5.26 Å². The van der Waals surface area contributed by atoms with Gasteiger partial charge in [0, 0.05) is 42.7 Å². The quantitative estimate of drug-likeness (QED) is 0.465. The molecule has 2 N–H and O–H groups in total. The van der Waals surface area contributed by atoms with Crippen molar-refractivity contribution in [2.45, 2.75) is 39.2 Å². The summed E-state index contributed by atoms with van der Waals surface area (Å²) in [6, 6.07) is 6.16. The summed E-state index contributed by atoms with van der Waals surface area (Å²) in [5.41, 5.74) is 3.23. The number of nitriles is 1. The maximum Gasteiger partial charge on any atom is 0.248 e. The summed E-state index contributed by atoms with van der Waals surface area (Å²) in [6.45, 7) is 5.67. The lowest BCUT2D eigenvalue weighted by molar-refractivity contribution is -0.111. The summed E-state index contributed by atoms with van der Waals surface area (Å²) in [4.78, 5) is 17.0. The standard InChI is InChI=1S/C23H27ClN4O3/c1-3-18-17(14-25)23(26-15-7-10-30-11-8-15)16-12-20(28-22(29)6-5-9-24)21(31-4-2)13-19(16)27-18/h5-6,12-13,15H,3-4,7-11H2,1-2H3,(H,26,27)(H,28,29)/b6-5+. The van der Waals surface area contributed by atoms with E-state index in [4.69, 9.17) is 26.1 Å². The van der Waals surface area contributed by atoms with Crippen LogP contribution in [0.5, 0.6) is 5.75 Å². The second kappa shape index (κ2) is 11.0. The van der Waals surface area contributed by atoms with Crippen LogP contribution in [0.3, 0.4) is 0 Å². The van der Waals surface area contributed by atoms with Crippen molar-refractivity contribution in [3.8, 4) is 11.8 Å². The van der Waals surface area contributed by atoms with Crippen LogP contribution in [-0.2, 0) is 16.0 Å². The zero-order valence-electron chi connectivity index (χ0n) is 17.8. The molecule has 1 aromatic heterocycles. The number of halogens is 1. The molecule has 0 radical (unpaired) electrons. The predicted molar refractivity (Wildman–Crippen MR) is 123 cm³/mol. The largest absolute Gasteiger partial charge is 0.492 e. The first-order valence-corrected chi connectivity index (χ1v) is 11.1. The monoisotopic (exact) mass is 442 g/mol. The molecule has 0 spiro atoms. The third-order valence-electron chi connectivity index (χ3n) is 5.09. The van der Waals surface area contributed by atoms with Crippen molar-refractivity contribution in [1.29, 1.82) is 5.26 Å². The number of fused-ring (bicyclic) bond motifs is 1. The molecule has 0 unspecified atom stereocenters. The van der Waals surface area contributed by atoms with Gasteiger partial charge < -0.3 is 20.1 Å². The van der Waals surface area contributed by atoms with Crippen molar-refractivity contribution in [3.05, 3.63) is 35.5 Å². The summed E-state index contributed by atoms with van der Waals surface area (Å²) < 4.78 is 11.2. The number of anilines is 2. The van der Waals surface area contributed by atoms with E-state index in [1.807, 2.05) is 26.0 Å². The maximum atomic E-state index is 12.3. The number of aryl methyl sites for hydroxylation is 1. The average molecular weight is 443 g/mol. The van der Waals surface area contributed by atoms with Gasteiger partial charge in [0.15, 0.2) is 0 Å². The third-order valence-corrected chi connectivity index (χ3v) is 5.27. The van der Waals surface area contributed by atoms with Crippen molar-refractivity contribution >= 4 is 39.8 Å². The van der Waals surface area contributed by atoms with Crippen LogP contribution >= 0.6 is 11.6 Å². The van der Waals surface area contributed by atoms with Gasteiger partial charge in [-0.1, -0.05) is 13.0 Å². The fraction of sp³-hybridized carbons (Fsp3) is 0.435. The molecular weight excluding hydrogens is 416 g/mol. The third kappa shape index (κ3) is 5.46. The number of aromatic nitrogens is 1. The highest BCUT2D eigenvalue weighted by atomic mass is 35.5. The summed E-state index contributed by atoms with van der Waals surface area (Å²) in [7, 11) is 0. The lowest BCUT2D eigenvalue weighted by Crippen LogP contribution is -2.28. The number of nitrogens with one attached hydrogen (secondary N) is 2. The zero-order chi connectivity index (χ0) is 22.2. The molecule has 1 amide bonds. The number of hydrogen-bond acceptors (Lipinski definition) is 6. The van der Waals surface area contributed by atoms with Crippen LogP contribution in [-0.4, -0.2) is 42.6 Å². The minimum absolute atomic E-state index is 0.201. The van der Waals surface area contributed by atoms with Gasteiger partial charge in [-0.15, -0.1) is 11.6 Å². The number of benzene rings is 1. The number of allylic oxidation sites excluding steroid dienone is 1. The molecule has 1 saturated heterocycles. The van der Waals surface area contributed by atoms with E-state index in [0.717, 1.165) is 29.6 Å². The van der Waals surface area contributed by atoms with Crippen molar-refractivity contribution in [1.82, 2.24) is 4.98 Å². The van der Waals surface area contributed by atoms with Gasteiger partial charge in [-0.3, -0.25) is 9.78 Å². The molecule has 1 aromatic carbocycles. The second-order valence-corrected chi connectivity index (χ2v) is 7.46. The number of pyridine rings is 1. The Hall–Kier alpha value is -2.82. The fourth-order valence-corrected chi connectivity index (χ4v) is 3.70. The Kier molecular flexibility index (Phi) is 8.10. The van der Waals surface area contributed by atoms with Crippen LogP contribution in [0.1, 0.15) is 37.9 Å². The van der Waals surface area contributed by atoms with Gasteiger partial charge in [-0.05, 0) is 32.3 Å². The molecule has 0 saturated carbocycles. The van der Waals surface area contributed by atoms with E-state index in [1.54, 1.807) is 6.08 Å². The summed E-state index contributed by atoms with van der Waals surface area (Å²) in [5.74, 6) is 0.468. The Bertz CT molecular complexity index is 1010. The van der Waals surface area contributed by atoms with Gasteiger partial charge in [-0.25, -0.2) is 0 Å². The fourth-order valence-electron chi connectivity index (χ4n) is 3.61. The molecule has 1 fully saturated rings. The Morgan fingerprint density at radius 1 is 1.39 bits per heavy atom. The Morgan fingerprint density at radius 2 is 2.16 bits per heavy atom. The van der Waals surface area contributed by atoms with Crippen LogP contribution in [0.2, 0.25) is 0 Å². The molecule has 31 heavy (non-hydrogen) atoms. The smallest absolute Gasteiger partial charge is 0.248 e. The number of alkyl halides is 1. The Balaban J connectivity index is 2.14. The molecule has 0 aliphatic carbocycles. The van der Waals surface area contributed by atoms with Crippen LogP contribution in [0, 0.1) is 11.3 Å². The van der Waals surface area contributed by atoms with E-state index < -0.39 is 0 Å². The van der Waals surface area contributed by atoms with Crippen molar-refractivity contribution in [2.75, 3.05) is 36.3 Å². The number of carbonyl (C=O) groups is 1.